The number of benzene rings is 1. The van der Waals surface area contributed by atoms with Crippen molar-refractivity contribution in [2.24, 2.45) is 0 Å². The average molecular weight is 367 g/mol. The topological polar surface area (TPSA) is 92.3 Å². The number of pyridine rings is 1. The Hall–Kier alpha value is -4.05. The molecule has 136 valence electrons. The minimum atomic E-state index is 0.547. The lowest BCUT2D eigenvalue weighted by molar-refractivity contribution is 0.747. The van der Waals surface area contributed by atoms with Gasteiger partial charge in [0.2, 0.25) is 5.95 Å². The molecule has 0 saturated heterocycles. The molecule has 1 aromatic carbocycles. The molecule has 0 aliphatic carbocycles. The van der Waals surface area contributed by atoms with Crippen molar-refractivity contribution in [3.05, 3.63) is 90.4 Å². The standard InChI is InChI=1S/C21H17N7/c22-9-16-4-6-17(7-5-16)14-28-15-23-12-19(28)13-27-21-25-10-18(11-26-21)20-3-1-2-8-24-20/h1-8,10-12,15H,13-14H2,(H,25,26,27). The van der Waals surface area contributed by atoms with Crippen LogP contribution in [0.2, 0.25) is 0 Å². The number of nitrogens with zero attached hydrogens (tertiary/aromatic N) is 6. The summed E-state index contributed by atoms with van der Waals surface area (Å²) in [6, 6.07) is 15.4. The van der Waals surface area contributed by atoms with Crippen LogP contribution in [-0.4, -0.2) is 24.5 Å². The molecular formula is C21H17N7. The Morgan fingerprint density at radius 1 is 0.964 bits per heavy atom. The highest BCUT2D eigenvalue weighted by atomic mass is 15.1. The van der Waals surface area contributed by atoms with Gasteiger partial charge >= 0.3 is 0 Å². The maximum atomic E-state index is 8.90. The van der Waals surface area contributed by atoms with Gasteiger partial charge in [-0.25, -0.2) is 15.0 Å². The van der Waals surface area contributed by atoms with Gasteiger partial charge in [-0.05, 0) is 29.8 Å². The smallest absolute Gasteiger partial charge is 0.222 e. The van der Waals surface area contributed by atoms with Gasteiger partial charge in [-0.3, -0.25) is 4.98 Å². The van der Waals surface area contributed by atoms with Gasteiger partial charge in [-0.1, -0.05) is 18.2 Å². The molecule has 0 saturated carbocycles. The molecule has 0 amide bonds. The molecule has 0 unspecified atom stereocenters. The second-order valence-electron chi connectivity index (χ2n) is 6.19. The molecule has 3 heterocycles. The second kappa shape index (κ2) is 8.10. The van der Waals surface area contributed by atoms with E-state index < -0.39 is 0 Å². The molecule has 1 N–H and O–H groups in total. The van der Waals surface area contributed by atoms with E-state index in [2.05, 4.69) is 35.9 Å². The van der Waals surface area contributed by atoms with Gasteiger partial charge in [-0.2, -0.15) is 5.26 Å². The summed E-state index contributed by atoms with van der Waals surface area (Å²) in [6.45, 7) is 1.24. The van der Waals surface area contributed by atoms with Crippen LogP contribution in [-0.2, 0) is 13.1 Å². The van der Waals surface area contributed by atoms with Crippen molar-refractivity contribution in [2.45, 2.75) is 13.1 Å². The zero-order valence-corrected chi connectivity index (χ0v) is 15.0. The number of hydrogen-bond donors (Lipinski definition) is 1. The fraction of sp³-hybridized carbons (Fsp3) is 0.0952. The van der Waals surface area contributed by atoms with Gasteiger partial charge < -0.3 is 9.88 Å². The number of rotatable bonds is 6. The predicted octanol–water partition coefficient (Wildman–Crippen LogP) is 3.27. The van der Waals surface area contributed by atoms with E-state index in [1.54, 1.807) is 24.9 Å². The van der Waals surface area contributed by atoms with E-state index in [4.69, 9.17) is 5.26 Å². The zero-order chi connectivity index (χ0) is 19.2. The molecule has 0 fully saturated rings. The van der Waals surface area contributed by atoms with E-state index in [0.29, 0.717) is 24.6 Å². The highest BCUT2D eigenvalue weighted by Gasteiger charge is 2.05. The number of anilines is 1. The lowest BCUT2D eigenvalue weighted by Gasteiger charge is -2.10. The Kier molecular flexibility index (Phi) is 5.02. The Labute approximate surface area is 162 Å². The molecule has 28 heavy (non-hydrogen) atoms. The van der Waals surface area contributed by atoms with Crippen LogP contribution in [0, 0.1) is 11.3 Å². The molecule has 4 aromatic rings. The van der Waals surface area contributed by atoms with E-state index >= 15 is 0 Å². The normalized spacial score (nSPS) is 10.4. The molecule has 0 atom stereocenters. The van der Waals surface area contributed by atoms with Crippen molar-refractivity contribution in [3.63, 3.8) is 0 Å². The molecule has 0 aliphatic rings. The molecule has 0 spiro atoms. The van der Waals surface area contributed by atoms with Gasteiger partial charge in [-0.15, -0.1) is 0 Å². The van der Waals surface area contributed by atoms with Crippen LogP contribution in [0.15, 0.2) is 73.6 Å². The molecule has 3 aromatic heterocycles. The van der Waals surface area contributed by atoms with E-state index in [9.17, 15) is 0 Å². The molecule has 7 nitrogen and oxygen atoms in total. The van der Waals surface area contributed by atoms with Crippen molar-refractivity contribution in [1.82, 2.24) is 24.5 Å². The van der Waals surface area contributed by atoms with E-state index in [1.165, 1.54) is 0 Å². The first-order chi connectivity index (χ1) is 13.8. The highest BCUT2D eigenvalue weighted by molar-refractivity contribution is 5.56. The first-order valence-electron chi connectivity index (χ1n) is 8.77. The van der Waals surface area contributed by atoms with Gasteiger partial charge in [0, 0.05) is 36.9 Å². The van der Waals surface area contributed by atoms with Crippen LogP contribution in [0.3, 0.4) is 0 Å². The molecule has 0 aliphatic heterocycles. The van der Waals surface area contributed by atoms with E-state index in [-0.39, 0.29) is 0 Å². The summed E-state index contributed by atoms with van der Waals surface area (Å²) in [7, 11) is 0. The largest absolute Gasteiger partial charge is 0.349 e. The molecular weight excluding hydrogens is 350 g/mol. The summed E-state index contributed by atoms with van der Waals surface area (Å²) >= 11 is 0. The van der Waals surface area contributed by atoms with Crippen LogP contribution >= 0.6 is 0 Å². The molecule has 0 bridgehead atoms. The van der Waals surface area contributed by atoms with Crippen molar-refractivity contribution in [3.8, 4) is 17.3 Å². The molecule has 7 heteroatoms. The Balaban J connectivity index is 1.40. The van der Waals surface area contributed by atoms with Crippen molar-refractivity contribution in [1.29, 1.82) is 5.26 Å². The predicted molar refractivity (Wildman–Crippen MR) is 105 cm³/mol. The Bertz CT molecular complexity index is 1080. The summed E-state index contributed by atoms with van der Waals surface area (Å²) < 4.78 is 2.05. The van der Waals surface area contributed by atoms with Crippen LogP contribution in [0.1, 0.15) is 16.8 Å². The Morgan fingerprint density at radius 2 is 1.79 bits per heavy atom. The third kappa shape index (κ3) is 4.02. The lowest BCUT2D eigenvalue weighted by Crippen LogP contribution is -2.09. The maximum absolute atomic E-state index is 8.90. The first kappa shape index (κ1) is 17.4. The zero-order valence-electron chi connectivity index (χ0n) is 15.0. The summed E-state index contributed by atoms with van der Waals surface area (Å²) in [5.41, 5.74) is 4.49. The Morgan fingerprint density at radius 3 is 2.50 bits per heavy atom. The number of hydrogen-bond acceptors (Lipinski definition) is 6. The second-order valence-corrected chi connectivity index (χ2v) is 6.19. The average Bonchev–Trinajstić information content (AvgIpc) is 3.21. The monoisotopic (exact) mass is 367 g/mol. The molecule has 0 radical (unpaired) electrons. The SMILES string of the molecule is N#Cc1ccc(Cn2cncc2CNc2ncc(-c3ccccn3)cn2)cc1. The van der Waals surface area contributed by atoms with Crippen LogP contribution in [0.5, 0.6) is 0 Å². The summed E-state index contributed by atoms with van der Waals surface area (Å²) in [4.78, 5) is 17.3. The van der Waals surface area contributed by atoms with Gasteiger partial charge in [0.25, 0.3) is 0 Å². The summed E-state index contributed by atoms with van der Waals surface area (Å²) in [5.74, 6) is 0.547. The van der Waals surface area contributed by atoms with Gasteiger partial charge in [0.15, 0.2) is 0 Å². The number of aromatic nitrogens is 5. The van der Waals surface area contributed by atoms with E-state index in [1.807, 2.05) is 48.7 Å². The third-order valence-electron chi connectivity index (χ3n) is 4.27. The summed E-state index contributed by atoms with van der Waals surface area (Å²) in [6.07, 6.45) is 8.87. The highest BCUT2D eigenvalue weighted by Crippen LogP contribution is 2.15. The quantitative estimate of drug-likeness (QED) is 0.562. The van der Waals surface area contributed by atoms with Crippen molar-refractivity contribution < 1.29 is 0 Å². The van der Waals surface area contributed by atoms with Gasteiger partial charge in [0.05, 0.1) is 35.9 Å². The maximum Gasteiger partial charge on any atom is 0.222 e. The van der Waals surface area contributed by atoms with Crippen molar-refractivity contribution in [2.75, 3.05) is 5.32 Å². The third-order valence-corrected chi connectivity index (χ3v) is 4.27. The van der Waals surface area contributed by atoms with Crippen molar-refractivity contribution >= 4 is 5.95 Å². The summed E-state index contributed by atoms with van der Waals surface area (Å²) in [5, 5.41) is 12.1. The fourth-order valence-corrected chi connectivity index (χ4v) is 2.77. The lowest BCUT2D eigenvalue weighted by atomic mass is 10.1. The number of nitriles is 1. The first-order valence-corrected chi connectivity index (χ1v) is 8.77. The fourth-order valence-electron chi connectivity index (χ4n) is 2.77. The number of imidazole rings is 1. The van der Waals surface area contributed by atoms with E-state index in [0.717, 1.165) is 22.5 Å². The van der Waals surface area contributed by atoms with Crippen LogP contribution < -0.4 is 5.32 Å². The molecule has 4 rings (SSSR count). The van der Waals surface area contributed by atoms with Crippen LogP contribution in [0.25, 0.3) is 11.3 Å². The van der Waals surface area contributed by atoms with Crippen LogP contribution in [0.4, 0.5) is 5.95 Å². The minimum absolute atomic E-state index is 0.547. The minimum Gasteiger partial charge on any atom is -0.349 e. The van der Waals surface area contributed by atoms with Gasteiger partial charge in [0.1, 0.15) is 0 Å². The number of nitrogens with one attached hydrogen (secondary N) is 1.